The first-order chi connectivity index (χ1) is 8.36. The van der Waals surface area contributed by atoms with Crippen molar-refractivity contribution < 1.29 is 14.7 Å². The molecule has 18 heavy (non-hydrogen) atoms. The molecular formula is C14H19NO3. The van der Waals surface area contributed by atoms with Crippen LogP contribution in [0.5, 0.6) is 0 Å². The second-order valence-electron chi connectivity index (χ2n) is 4.83. The monoisotopic (exact) mass is 249 g/mol. The number of carboxylic acids is 1. The van der Waals surface area contributed by atoms with Gasteiger partial charge in [0.2, 0.25) is 5.91 Å². The van der Waals surface area contributed by atoms with Gasteiger partial charge in [0, 0.05) is 18.5 Å². The van der Waals surface area contributed by atoms with Gasteiger partial charge in [-0.3, -0.25) is 9.59 Å². The molecule has 0 bridgehead atoms. The van der Waals surface area contributed by atoms with E-state index in [9.17, 15) is 9.59 Å². The number of rotatable bonds is 5. The van der Waals surface area contributed by atoms with E-state index in [4.69, 9.17) is 5.11 Å². The lowest BCUT2D eigenvalue weighted by Crippen LogP contribution is -2.17. The third-order valence-electron chi connectivity index (χ3n) is 2.56. The van der Waals surface area contributed by atoms with E-state index >= 15 is 0 Å². The summed E-state index contributed by atoms with van der Waals surface area (Å²) >= 11 is 0. The van der Waals surface area contributed by atoms with Crippen molar-refractivity contribution in [1.29, 1.82) is 0 Å². The van der Waals surface area contributed by atoms with Crippen molar-refractivity contribution in [1.82, 2.24) is 0 Å². The van der Waals surface area contributed by atoms with Crippen LogP contribution < -0.4 is 5.32 Å². The minimum Gasteiger partial charge on any atom is -0.481 e. The minimum absolute atomic E-state index is 0.0142. The predicted molar refractivity (Wildman–Crippen MR) is 70.6 cm³/mol. The third-order valence-corrected chi connectivity index (χ3v) is 2.56. The first-order valence-electron chi connectivity index (χ1n) is 5.96. The fraction of sp³-hybridized carbons (Fsp3) is 0.429. The van der Waals surface area contributed by atoms with Crippen molar-refractivity contribution in [2.75, 3.05) is 5.32 Å². The lowest BCUT2D eigenvalue weighted by molar-refractivity contribution is -0.138. The summed E-state index contributed by atoms with van der Waals surface area (Å²) in [5.41, 5.74) is 2.94. The molecule has 0 saturated carbocycles. The highest BCUT2D eigenvalue weighted by Gasteiger charge is 2.12. The van der Waals surface area contributed by atoms with Crippen LogP contribution in [0.25, 0.3) is 0 Å². The van der Waals surface area contributed by atoms with E-state index in [0.29, 0.717) is 0 Å². The largest absolute Gasteiger partial charge is 0.481 e. The molecule has 4 heteroatoms. The maximum absolute atomic E-state index is 11.7. The molecule has 1 aromatic carbocycles. The Morgan fingerprint density at radius 2 is 1.72 bits per heavy atom. The van der Waals surface area contributed by atoms with Gasteiger partial charge in [-0.2, -0.15) is 0 Å². The average molecular weight is 249 g/mol. The van der Waals surface area contributed by atoms with Crippen LogP contribution in [0.1, 0.15) is 30.9 Å². The number of anilines is 1. The lowest BCUT2D eigenvalue weighted by Gasteiger charge is -2.10. The summed E-state index contributed by atoms with van der Waals surface area (Å²) < 4.78 is 0. The lowest BCUT2D eigenvalue weighted by atomic mass is 10.0. The highest BCUT2D eigenvalue weighted by Crippen LogP contribution is 2.15. The number of amides is 1. The zero-order valence-electron chi connectivity index (χ0n) is 11.0. The smallest absolute Gasteiger partial charge is 0.303 e. The van der Waals surface area contributed by atoms with Gasteiger partial charge in [-0.15, -0.1) is 0 Å². The molecule has 0 fully saturated rings. The third kappa shape index (κ3) is 4.99. The van der Waals surface area contributed by atoms with Crippen LogP contribution in [0, 0.1) is 19.8 Å². The minimum atomic E-state index is -0.873. The molecular weight excluding hydrogens is 230 g/mol. The Kier molecular flexibility index (Phi) is 4.89. The Morgan fingerprint density at radius 1 is 1.17 bits per heavy atom. The molecule has 0 aliphatic carbocycles. The molecule has 1 rings (SSSR count). The molecule has 2 N–H and O–H groups in total. The number of carbonyl (C=O) groups excluding carboxylic acids is 1. The molecule has 98 valence electrons. The number of hydrogen-bond acceptors (Lipinski definition) is 2. The summed E-state index contributed by atoms with van der Waals surface area (Å²) in [6.45, 7) is 5.70. The number of benzene rings is 1. The number of nitrogens with one attached hydrogen (secondary N) is 1. The molecule has 4 nitrogen and oxygen atoms in total. The van der Waals surface area contributed by atoms with Gasteiger partial charge in [0.1, 0.15) is 0 Å². The van der Waals surface area contributed by atoms with Gasteiger partial charge in [0.15, 0.2) is 0 Å². The molecule has 0 aliphatic heterocycles. The Labute approximate surface area is 107 Å². The van der Waals surface area contributed by atoms with E-state index in [1.54, 1.807) is 6.92 Å². The summed E-state index contributed by atoms with van der Waals surface area (Å²) in [7, 11) is 0. The standard InChI is InChI=1S/C14H19NO3/c1-9-4-10(2)6-12(5-9)15-13(16)7-11(3)8-14(17)18/h4-6,11H,7-8H2,1-3H3,(H,15,16)(H,17,18). The summed E-state index contributed by atoms with van der Waals surface area (Å²) in [4.78, 5) is 22.2. The average Bonchev–Trinajstić information content (AvgIpc) is 2.12. The molecule has 0 aromatic heterocycles. The summed E-state index contributed by atoms with van der Waals surface area (Å²) in [6.07, 6.45) is 0.236. The van der Waals surface area contributed by atoms with Crippen LogP contribution in [0.2, 0.25) is 0 Å². The summed E-state index contributed by atoms with van der Waals surface area (Å²) in [6, 6.07) is 5.82. The second-order valence-corrected chi connectivity index (χ2v) is 4.83. The van der Waals surface area contributed by atoms with Gasteiger partial charge >= 0.3 is 5.97 Å². The first kappa shape index (κ1) is 14.2. The molecule has 1 unspecified atom stereocenters. The fourth-order valence-electron chi connectivity index (χ4n) is 1.95. The Balaban J connectivity index is 2.56. The fourth-order valence-corrected chi connectivity index (χ4v) is 1.95. The van der Waals surface area contributed by atoms with Crippen molar-refractivity contribution >= 4 is 17.6 Å². The molecule has 1 amide bonds. The van der Waals surface area contributed by atoms with Gasteiger partial charge in [0.05, 0.1) is 0 Å². The van der Waals surface area contributed by atoms with Gasteiger partial charge in [-0.25, -0.2) is 0 Å². The van der Waals surface area contributed by atoms with Gasteiger partial charge in [0.25, 0.3) is 0 Å². The molecule has 0 radical (unpaired) electrons. The number of hydrogen-bond donors (Lipinski definition) is 2. The van der Waals surface area contributed by atoms with E-state index in [0.717, 1.165) is 16.8 Å². The van der Waals surface area contributed by atoms with E-state index in [-0.39, 0.29) is 24.7 Å². The number of aryl methyl sites for hydroxylation is 2. The van der Waals surface area contributed by atoms with Crippen molar-refractivity contribution in [3.63, 3.8) is 0 Å². The van der Waals surface area contributed by atoms with Crippen LogP contribution in [-0.2, 0) is 9.59 Å². The normalized spacial score (nSPS) is 11.9. The Hall–Kier alpha value is -1.84. The Bertz CT molecular complexity index is 434. The van der Waals surface area contributed by atoms with E-state index in [2.05, 4.69) is 5.32 Å². The molecule has 1 aromatic rings. The number of carbonyl (C=O) groups is 2. The topological polar surface area (TPSA) is 66.4 Å². The van der Waals surface area contributed by atoms with Crippen LogP contribution in [0.3, 0.4) is 0 Å². The summed E-state index contributed by atoms with van der Waals surface area (Å²) in [5.74, 6) is -1.18. The molecule has 0 spiro atoms. The first-order valence-corrected chi connectivity index (χ1v) is 5.96. The van der Waals surface area contributed by atoms with Crippen LogP contribution in [-0.4, -0.2) is 17.0 Å². The van der Waals surface area contributed by atoms with Crippen LogP contribution in [0.15, 0.2) is 18.2 Å². The van der Waals surface area contributed by atoms with Crippen molar-refractivity contribution in [3.05, 3.63) is 29.3 Å². The second kappa shape index (κ2) is 6.19. The van der Waals surface area contributed by atoms with Crippen molar-refractivity contribution in [3.8, 4) is 0 Å². The molecule has 0 aliphatic rings. The van der Waals surface area contributed by atoms with E-state index < -0.39 is 5.97 Å². The number of carboxylic acid groups (broad SMARTS) is 1. The highest BCUT2D eigenvalue weighted by atomic mass is 16.4. The predicted octanol–water partition coefficient (Wildman–Crippen LogP) is 2.74. The molecule has 0 heterocycles. The van der Waals surface area contributed by atoms with E-state index in [1.165, 1.54) is 0 Å². The van der Waals surface area contributed by atoms with Gasteiger partial charge in [-0.05, 0) is 43.0 Å². The quantitative estimate of drug-likeness (QED) is 0.843. The Morgan fingerprint density at radius 3 is 2.22 bits per heavy atom. The van der Waals surface area contributed by atoms with Crippen molar-refractivity contribution in [2.24, 2.45) is 5.92 Å². The maximum Gasteiger partial charge on any atom is 0.303 e. The van der Waals surface area contributed by atoms with Crippen LogP contribution >= 0.6 is 0 Å². The SMILES string of the molecule is Cc1cc(C)cc(NC(=O)CC(C)CC(=O)O)c1. The van der Waals surface area contributed by atoms with Crippen LogP contribution in [0.4, 0.5) is 5.69 Å². The van der Waals surface area contributed by atoms with E-state index in [1.807, 2.05) is 32.0 Å². The zero-order valence-corrected chi connectivity index (χ0v) is 11.0. The maximum atomic E-state index is 11.7. The zero-order chi connectivity index (χ0) is 13.7. The summed E-state index contributed by atoms with van der Waals surface area (Å²) in [5, 5.41) is 11.4. The number of aliphatic carboxylic acids is 1. The van der Waals surface area contributed by atoms with Crippen molar-refractivity contribution in [2.45, 2.75) is 33.6 Å². The van der Waals surface area contributed by atoms with Gasteiger partial charge < -0.3 is 10.4 Å². The molecule has 1 atom stereocenters. The highest BCUT2D eigenvalue weighted by molar-refractivity contribution is 5.91. The van der Waals surface area contributed by atoms with Gasteiger partial charge in [-0.1, -0.05) is 13.0 Å². The molecule has 0 saturated heterocycles.